The molecule has 0 bridgehead atoms. The van der Waals surface area contributed by atoms with E-state index in [0.717, 1.165) is 44.9 Å². The Hall–Kier alpha value is -2.45. The average Bonchev–Trinajstić information content (AvgIpc) is 3.24. The first kappa shape index (κ1) is 60.5. The molecule has 0 aromatic carbocycles. The highest BCUT2D eigenvalue weighted by Gasteiger charge is 2.25. The number of likely N-dealkylation sites (N-methyl/N-ethyl adjacent to an activating group) is 1. The number of unbranched alkanes of at least 4 members (excludes halogenated alkanes) is 28. The largest absolute Gasteiger partial charge is 0.544 e. The van der Waals surface area contributed by atoms with E-state index in [-0.39, 0.29) is 42.7 Å². The fourth-order valence-corrected chi connectivity index (χ4v) is 7.86. The Morgan fingerprint density at radius 1 is 0.476 bits per heavy atom. The molecule has 0 aliphatic heterocycles. The number of carbonyl (C=O) groups is 3. The van der Waals surface area contributed by atoms with Crippen LogP contribution >= 0.6 is 0 Å². The number of carboxylic acid groups (broad SMARTS) is 1. The predicted molar refractivity (Wildman–Crippen MR) is 263 cm³/mol. The molecule has 368 valence electrons. The van der Waals surface area contributed by atoms with Crippen LogP contribution in [0.1, 0.15) is 245 Å². The van der Waals surface area contributed by atoms with Gasteiger partial charge in [0.2, 0.25) is 0 Å². The summed E-state index contributed by atoms with van der Waals surface area (Å²) in [5.74, 6) is -1.73. The maximum absolute atomic E-state index is 12.8. The molecule has 8 nitrogen and oxygen atoms in total. The number of rotatable bonds is 48. The van der Waals surface area contributed by atoms with Crippen LogP contribution in [0, 0.1) is 0 Å². The summed E-state index contributed by atoms with van der Waals surface area (Å²) < 4.78 is 17.3. The second-order valence-corrected chi connectivity index (χ2v) is 19.1. The summed E-state index contributed by atoms with van der Waals surface area (Å²) in [6.45, 7) is 4.67. The van der Waals surface area contributed by atoms with Crippen molar-refractivity contribution in [3.63, 3.8) is 0 Å². The zero-order chi connectivity index (χ0) is 46.3. The van der Waals surface area contributed by atoms with Gasteiger partial charge in [-0.3, -0.25) is 9.59 Å². The highest BCUT2D eigenvalue weighted by molar-refractivity contribution is 5.70. The molecule has 0 rings (SSSR count). The van der Waals surface area contributed by atoms with Gasteiger partial charge in [-0.25, -0.2) is 0 Å². The van der Waals surface area contributed by atoms with E-state index in [1.54, 1.807) is 21.1 Å². The van der Waals surface area contributed by atoms with Crippen LogP contribution in [-0.2, 0) is 28.6 Å². The topological polar surface area (TPSA) is 102 Å². The molecule has 0 amide bonds. The van der Waals surface area contributed by atoms with Crippen molar-refractivity contribution in [3.8, 4) is 0 Å². The molecule has 0 radical (unpaired) electrons. The lowest BCUT2D eigenvalue weighted by molar-refractivity contribution is -0.889. The number of nitrogens with zero attached hydrogens (tertiary/aromatic N) is 1. The first-order valence-electron chi connectivity index (χ1n) is 26.5. The van der Waals surface area contributed by atoms with Crippen molar-refractivity contribution >= 4 is 17.9 Å². The predicted octanol–water partition coefficient (Wildman–Crippen LogP) is 14.0. The quantitative estimate of drug-likeness (QED) is 0.0259. The van der Waals surface area contributed by atoms with Crippen molar-refractivity contribution in [1.29, 1.82) is 0 Å². The highest BCUT2D eigenvalue weighted by Crippen LogP contribution is 2.15. The van der Waals surface area contributed by atoms with Gasteiger partial charge < -0.3 is 28.6 Å². The summed E-state index contributed by atoms with van der Waals surface area (Å²) in [6, 6.07) is -0.727. The van der Waals surface area contributed by atoms with Gasteiger partial charge in [-0.2, -0.15) is 0 Å². The third-order valence-corrected chi connectivity index (χ3v) is 12.0. The summed E-state index contributed by atoms with van der Waals surface area (Å²) in [6.07, 6.45) is 54.6. The second kappa shape index (κ2) is 46.1. The van der Waals surface area contributed by atoms with E-state index in [1.165, 1.54) is 167 Å². The van der Waals surface area contributed by atoms with Crippen molar-refractivity contribution in [2.75, 3.05) is 41.0 Å². The first-order valence-corrected chi connectivity index (χ1v) is 26.5. The van der Waals surface area contributed by atoms with Gasteiger partial charge in [0.15, 0.2) is 6.10 Å². The summed E-state index contributed by atoms with van der Waals surface area (Å²) in [4.78, 5) is 37.1. The third-order valence-electron chi connectivity index (χ3n) is 12.0. The van der Waals surface area contributed by atoms with E-state index >= 15 is 0 Å². The lowest BCUT2D eigenvalue weighted by Crippen LogP contribution is -2.55. The van der Waals surface area contributed by atoms with Crippen LogP contribution < -0.4 is 5.11 Å². The lowest BCUT2D eigenvalue weighted by Gasteiger charge is -2.34. The third kappa shape index (κ3) is 44.5. The highest BCUT2D eigenvalue weighted by atomic mass is 16.6. The van der Waals surface area contributed by atoms with Crippen molar-refractivity contribution in [2.24, 2.45) is 0 Å². The minimum Gasteiger partial charge on any atom is -0.544 e. The molecule has 2 atom stereocenters. The molecule has 0 saturated heterocycles. The summed E-state index contributed by atoms with van der Waals surface area (Å²) in [5, 5.41) is 11.7. The van der Waals surface area contributed by atoms with E-state index in [9.17, 15) is 19.5 Å². The fourth-order valence-electron chi connectivity index (χ4n) is 7.86. The van der Waals surface area contributed by atoms with Crippen molar-refractivity contribution < 1.29 is 38.2 Å². The molecule has 0 spiro atoms. The summed E-state index contributed by atoms with van der Waals surface area (Å²) in [5.41, 5.74) is 0. The second-order valence-electron chi connectivity index (χ2n) is 19.1. The number of allylic oxidation sites excluding steroid dienone is 6. The molecule has 0 heterocycles. The van der Waals surface area contributed by atoms with E-state index in [2.05, 4.69) is 50.3 Å². The van der Waals surface area contributed by atoms with E-state index in [4.69, 9.17) is 14.2 Å². The first-order chi connectivity index (χ1) is 30.6. The Labute approximate surface area is 389 Å². The zero-order valence-electron chi connectivity index (χ0n) is 42.0. The van der Waals surface area contributed by atoms with Gasteiger partial charge in [0.25, 0.3) is 0 Å². The Morgan fingerprint density at radius 2 is 0.841 bits per heavy atom. The van der Waals surface area contributed by atoms with Gasteiger partial charge >= 0.3 is 11.9 Å². The molecule has 2 unspecified atom stereocenters. The van der Waals surface area contributed by atoms with Crippen molar-refractivity contribution in [1.82, 2.24) is 0 Å². The van der Waals surface area contributed by atoms with Crippen LogP contribution in [0.5, 0.6) is 0 Å². The molecule has 0 N–H and O–H groups in total. The summed E-state index contributed by atoms with van der Waals surface area (Å²) >= 11 is 0. The van der Waals surface area contributed by atoms with Crippen LogP contribution in [-0.4, -0.2) is 75.5 Å². The molecule has 0 aliphatic rings. The molecule has 0 saturated carbocycles. The molecule has 0 aromatic heterocycles. The van der Waals surface area contributed by atoms with Gasteiger partial charge in [-0.1, -0.05) is 192 Å². The fraction of sp³-hybridized carbons (Fsp3) is 0.836. The van der Waals surface area contributed by atoms with E-state index < -0.39 is 18.1 Å². The standard InChI is InChI=1S/C55H101NO7/c1-6-8-10-12-14-16-18-20-22-24-26-27-28-30-32-34-36-38-40-42-44-46-54(58)63-51(49-61-48-47-52(55(59)60)56(3,4)5)50-62-53(57)45-43-41-39-37-35-33-31-29-25-23-21-19-17-15-13-11-9-7-2/h18,20,23-26,51-52H,6-17,19,21-22,27-50H2,1-5H3/b20-18-,25-23-,26-24-. The summed E-state index contributed by atoms with van der Waals surface area (Å²) in [7, 11) is 5.42. The Morgan fingerprint density at radius 3 is 1.24 bits per heavy atom. The Balaban J connectivity index is 4.23. The number of ether oxygens (including phenoxy) is 3. The SMILES string of the molecule is CCCCCCC/C=C\C/C=C\CCCCCCCCCCCC(=O)OC(COCCC(C(=O)[O-])[N+](C)(C)C)COC(=O)CCCCCCCCC/C=C\CCCCCCCCC. The molecule has 63 heavy (non-hydrogen) atoms. The Kier molecular flexibility index (Phi) is 44.3. The van der Waals surface area contributed by atoms with Crippen molar-refractivity contribution in [2.45, 2.75) is 257 Å². The number of hydrogen-bond donors (Lipinski definition) is 0. The maximum Gasteiger partial charge on any atom is 0.306 e. The number of quaternary nitrogens is 1. The van der Waals surface area contributed by atoms with Crippen LogP contribution in [0.25, 0.3) is 0 Å². The molecule has 0 fully saturated rings. The molecule has 0 aromatic rings. The number of aliphatic carboxylic acids is 1. The van der Waals surface area contributed by atoms with E-state index in [0.29, 0.717) is 12.8 Å². The van der Waals surface area contributed by atoms with Crippen LogP contribution in [0.15, 0.2) is 36.5 Å². The van der Waals surface area contributed by atoms with Crippen LogP contribution in [0.4, 0.5) is 0 Å². The van der Waals surface area contributed by atoms with E-state index in [1.807, 2.05) is 0 Å². The number of carbonyl (C=O) groups excluding carboxylic acids is 3. The lowest BCUT2D eigenvalue weighted by atomic mass is 10.1. The van der Waals surface area contributed by atoms with Gasteiger partial charge in [-0.15, -0.1) is 0 Å². The number of carboxylic acids is 1. The average molecular weight is 888 g/mol. The minimum absolute atomic E-state index is 0.0395. The normalized spacial score (nSPS) is 13.1. The van der Waals surface area contributed by atoms with Crippen LogP contribution in [0.3, 0.4) is 0 Å². The van der Waals surface area contributed by atoms with Crippen molar-refractivity contribution in [3.05, 3.63) is 36.5 Å². The van der Waals surface area contributed by atoms with Gasteiger partial charge in [0, 0.05) is 19.3 Å². The van der Waals surface area contributed by atoms with Gasteiger partial charge in [0.1, 0.15) is 12.6 Å². The smallest absolute Gasteiger partial charge is 0.306 e. The number of hydrogen-bond acceptors (Lipinski definition) is 7. The Bertz CT molecular complexity index is 1130. The maximum atomic E-state index is 12.8. The molecular weight excluding hydrogens is 787 g/mol. The van der Waals surface area contributed by atoms with Gasteiger partial charge in [-0.05, 0) is 70.6 Å². The van der Waals surface area contributed by atoms with Crippen LogP contribution in [0.2, 0.25) is 0 Å². The minimum atomic E-state index is -1.12. The monoisotopic (exact) mass is 888 g/mol. The molecular formula is C55H101NO7. The number of esters is 2. The molecule has 8 heteroatoms. The molecule has 0 aliphatic carbocycles. The van der Waals surface area contributed by atoms with Gasteiger partial charge in [0.05, 0.1) is 40.3 Å². The zero-order valence-corrected chi connectivity index (χ0v) is 42.0.